The number of fused-ring (bicyclic) bond motifs is 1. The van der Waals surface area contributed by atoms with Crippen LogP contribution in [0.3, 0.4) is 0 Å². The van der Waals surface area contributed by atoms with Crippen molar-refractivity contribution in [1.82, 2.24) is 4.98 Å². The number of aromatic nitrogens is 1. The van der Waals surface area contributed by atoms with E-state index in [0.29, 0.717) is 16.3 Å². The maximum Gasteiger partial charge on any atom is 0.126 e. The van der Waals surface area contributed by atoms with E-state index < -0.39 is 0 Å². The molecule has 1 N–H and O–H groups in total. The zero-order valence-electron chi connectivity index (χ0n) is 8.20. The van der Waals surface area contributed by atoms with Crippen LogP contribution in [0, 0.1) is 0 Å². The van der Waals surface area contributed by atoms with Crippen LogP contribution in [-0.2, 0) is 6.61 Å². The van der Waals surface area contributed by atoms with Gasteiger partial charge in [-0.3, -0.25) is 4.98 Å². The molecule has 1 aromatic heterocycles. The third kappa shape index (κ3) is 1.76. The monoisotopic (exact) mass is 223 g/mol. The Bertz CT molecular complexity index is 499. The van der Waals surface area contributed by atoms with E-state index >= 15 is 0 Å². The minimum absolute atomic E-state index is 0.0790. The van der Waals surface area contributed by atoms with Gasteiger partial charge >= 0.3 is 0 Å². The van der Waals surface area contributed by atoms with Gasteiger partial charge in [-0.25, -0.2) is 0 Å². The summed E-state index contributed by atoms with van der Waals surface area (Å²) in [5.41, 5.74) is 1.47. The van der Waals surface area contributed by atoms with Crippen molar-refractivity contribution >= 4 is 22.5 Å². The number of rotatable bonds is 2. The summed E-state index contributed by atoms with van der Waals surface area (Å²) in [6.07, 6.45) is 1.64. The van der Waals surface area contributed by atoms with Crippen molar-refractivity contribution in [2.24, 2.45) is 0 Å². The van der Waals surface area contributed by atoms with Gasteiger partial charge in [0, 0.05) is 23.2 Å². The molecule has 0 aliphatic carbocycles. The molecule has 0 spiro atoms. The van der Waals surface area contributed by atoms with E-state index in [1.54, 1.807) is 31.5 Å². The average molecular weight is 224 g/mol. The van der Waals surface area contributed by atoms with Crippen molar-refractivity contribution in [3.05, 3.63) is 35.0 Å². The molecule has 78 valence electrons. The van der Waals surface area contributed by atoms with E-state index in [1.165, 1.54) is 0 Å². The summed E-state index contributed by atoms with van der Waals surface area (Å²) < 4.78 is 5.14. The number of halogens is 1. The second-order valence-corrected chi connectivity index (χ2v) is 3.54. The Hall–Kier alpha value is -1.32. The lowest BCUT2D eigenvalue weighted by atomic mass is 10.1. The first-order valence-electron chi connectivity index (χ1n) is 4.48. The third-order valence-corrected chi connectivity index (χ3v) is 2.59. The topological polar surface area (TPSA) is 42.4 Å². The van der Waals surface area contributed by atoms with E-state index in [0.717, 1.165) is 10.9 Å². The molecule has 0 aliphatic rings. The molecule has 0 saturated heterocycles. The molecule has 0 saturated carbocycles. The van der Waals surface area contributed by atoms with Gasteiger partial charge in [0.05, 0.1) is 24.3 Å². The molecule has 0 aliphatic heterocycles. The van der Waals surface area contributed by atoms with Gasteiger partial charge in [0.2, 0.25) is 0 Å². The molecule has 4 heteroatoms. The van der Waals surface area contributed by atoms with Crippen molar-refractivity contribution in [2.45, 2.75) is 6.61 Å². The predicted molar refractivity (Wildman–Crippen MR) is 59.2 cm³/mol. The summed E-state index contributed by atoms with van der Waals surface area (Å²) in [7, 11) is 1.56. The summed E-state index contributed by atoms with van der Waals surface area (Å²) in [4.78, 5) is 4.18. The van der Waals surface area contributed by atoms with Crippen molar-refractivity contribution < 1.29 is 9.84 Å². The van der Waals surface area contributed by atoms with Crippen LogP contribution in [-0.4, -0.2) is 17.2 Å². The lowest BCUT2D eigenvalue weighted by Crippen LogP contribution is -1.93. The zero-order valence-corrected chi connectivity index (χ0v) is 8.95. The maximum absolute atomic E-state index is 9.16. The number of pyridine rings is 1. The SMILES string of the molecule is COc1cc2nccc(Cl)c2cc1CO. The number of ether oxygens (including phenoxy) is 1. The van der Waals surface area contributed by atoms with Gasteiger partial charge in [-0.05, 0) is 12.1 Å². The smallest absolute Gasteiger partial charge is 0.126 e. The van der Waals surface area contributed by atoms with Crippen LogP contribution in [0.5, 0.6) is 5.75 Å². The molecular formula is C11H10ClNO2. The van der Waals surface area contributed by atoms with Crippen LogP contribution in [0.4, 0.5) is 0 Å². The van der Waals surface area contributed by atoms with Crippen molar-refractivity contribution in [1.29, 1.82) is 0 Å². The van der Waals surface area contributed by atoms with E-state index in [1.807, 2.05) is 0 Å². The highest BCUT2D eigenvalue weighted by Crippen LogP contribution is 2.28. The standard InChI is InChI=1S/C11H10ClNO2/c1-15-11-5-10-8(4-7(11)6-14)9(12)2-3-13-10/h2-5,14H,6H2,1H3. The quantitative estimate of drug-likeness (QED) is 0.850. The predicted octanol–water partition coefficient (Wildman–Crippen LogP) is 2.39. The Balaban J connectivity index is 2.75. The first kappa shape index (κ1) is 10.2. The second-order valence-electron chi connectivity index (χ2n) is 3.13. The molecule has 1 heterocycles. The molecule has 0 fully saturated rings. The van der Waals surface area contributed by atoms with Gasteiger partial charge in [0.15, 0.2) is 0 Å². The minimum atomic E-state index is -0.0790. The van der Waals surface area contributed by atoms with Crippen LogP contribution in [0.1, 0.15) is 5.56 Å². The first-order valence-corrected chi connectivity index (χ1v) is 4.86. The number of benzene rings is 1. The lowest BCUT2D eigenvalue weighted by molar-refractivity contribution is 0.274. The fraction of sp³-hybridized carbons (Fsp3) is 0.182. The van der Waals surface area contributed by atoms with Crippen LogP contribution in [0.15, 0.2) is 24.4 Å². The summed E-state index contributed by atoms with van der Waals surface area (Å²) >= 11 is 6.02. The Morgan fingerprint density at radius 2 is 2.27 bits per heavy atom. The molecule has 15 heavy (non-hydrogen) atoms. The summed E-state index contributed by atoms with van der Waals surface area (Å²) in [6.45, 7) is -0.0790. The van der Waals surface area contributed by atoms with E-state index in [2.05, 4.69) is 4.98 Å². The molecule has 3 nitrogen and oxygen atoms in total. The second kappa shape index (κ2) is 4.04. The molecule has 0 unspecified atom stereocenters. The lowest BCUT2D eigenvalue weighted by Gasteiger charge is -2.08. The Kier molecular flexibility index (Phi) is 2.75. The molecule has 0 radical (unpaired) electrons. The van der Waals surface area contributed by atoms with Crippen LogP contribution >= 0.6 is 11.6 Å². The Morgan fingerprint density at radius 3 is 2.93 bits per heavy atom. The highest BCUT2D eigenvalue weighted by molar-refractivity contribution is 6.35. The van der Waals surface area contributed by atoms with Crippen LogP contribution < -0.4 is 4.74 Å². The highest BCUT2D eigenvalue weighted by Gasteiger charge is 2.07. The number of nitrogens with zero attached hydrogens (tertiary/aromatic N) is 1. The molecule has 0 atom stereocenters. The fourth-order valence-electron chi connectivity index (χ4n) is 1.50. The van der Waals surface area contributed by atoms with Gasteiger partial charge < -0.3 is 9.84 Å². The summed E-state index contributed by atoms with van der Waals surface area (Å²) in [6, 6.07) is 5.29. The molecule has 0 bridgehead atoms. The number of hydrogen-bond donors (Lipinski definition) is 1. The highest BCUT2D eigenvalue weighted by atomic mass is 35.5. The average Bonchev–Trinajstić information content (AvgIpc) is 2.28. The Labute approximate surface area is 92.3 Å². The van der Waals surface area contributed by atoms with E-state index in [4.69, 9.17) is 21.4 Å². The zero-order chi connectivity index (χ0) is 10.8. The molecular weight excluding hydrogens is 214 g/mol. The number of aliphatic hydroxyl groups is 1. The van der Waals surface area contributed by atoms with E-state index in [9.17, 15) is 0 Å². The maximum atomic E-state index is 9.16. The van der Waals surface area contributed by atoms with Gasteiger partial charge in [0.25, 0.3) is 0 Å². The summed E-state index contributed by atoms with van der Waals surface area (Å²) in [5, 5.41) is 10.6. The third-order valence-electron chi connectivity index (χ3n) is 2.26. The summed E-state index contributed by atoms with van der Waals surface area (Å²) in [5.74, 6) is 0.625. The Morgan fingerprint density at radius 1 is 1.47 bits per heavy atom. The molecule has 2 rings (SSSR count). The number of methoxy groups -OCH3 is 1. The number of hydrogen-bond acceptors (Lipinski definition) is 3. The van der Waals surface area contributed by atoms with Gasteiger partial charge in [-0.15, -0.1) is 0 Å². The molecule has 1 aromatic carbocycles. The van der Waals surface area contributed by atoms with Crippen molar-refractivity contribution in [3.8, 4) is 5.75 Å². The van der Waals surface area contributed by atoms with Crippen molar-refractivity contribution in [2.75, 3.05) is 7.11 Å². The number of aliphatic hydroxyl groups excluding tert-OH is 1. The van der Waals surface area contributed by atoms with Crippen LogP contribution in [0.2, 0.25) is 5.02 Å². The van der Waals surface area contributed by atoms with E-state index in [-0.39, 0.29) is 6.61 Å². The van der Waals surface area contributed by atoms with Gasteiger partial charge in [-0.2, -0.15) is 0 Å². The van der Waals surface area contributed by atoms with Crippen molar-refractivity contribution in [3.63, 3.8) is 0 Å². The fourth-order valence-corrected chi connectivity index (χ4v) is 1.71. The largest absolute Gasteiger partial charge is 0.496 e. The minimum Gasteiger partial charge on any atom is -0.496 e. The first-order chi connectivity index (χ1) is 7.26. The van der Waals surface area contributed by atoms with Gasteiger partial charge in [0.1, 0.15) is 5.75 Å². The van der Waals surface area contributed by atoms with Crippen LogP contribution in [0.25, 0.3) is 10.9 Å². The molecule has 0 amide bonds. The normalized spacial score (nSPS) is 10.6. The van der Waals surface area contributed by atoms with Gasteiger partial charge in [-0.1, -0.05) is 11.6 Å². The molecule has 2 aromatic rings.